The summed E-state index contributed by atoms with van der Waals surface area (Å²) in [5.74, 6) is 0.948. The smallest absolute Gasteiger partial charge is 0.276 e. The molecule has 1 aliphatic rings. The summed E-state index contributed by atoms with van der Waals surface area (Å²) in [4.78, 5) is 18.2. The minimum atomic E-state index is -3.67. The maximum atomic E-state index is 12.8. The van der Waals surface area contributed by atoms with Crippen molar-refractivity contribution in [2.45, 2.75) is 25.3 Å². The van der Waals surface area contributed by atoms with Gasteiger partial charge in [0.05, 0.1) is 0 Å². The number of aromatic nitrogens is 3. The lowest BCUT2D eigenvalue weighted by molar-refractivity contribution is 0.0754. The Labute approximate surface area is 146 Å². The van der Waals surface area contributed by atoms with E-state index in [1.165, 1.54) is 10.5 Å². The van der Waals surface area contributed by atoms with Crippen molar-refractivity contribution in [3.05, 3.63) is 29.5 Å². The highest BCUT2D eigenvalue weighted by Gasteiger charge is 2.31. The third-order valence-electron chi connectivity index (χ3n) is 4.28. The average Bonchev–Trinajstić information content (AvgIpc) is 3.04. The fraction of sp³-hybridized carbons (Fsp3) is 0.533. The van der Waals surface area contributed by atoms with Gasteiger partial charge in [0.25, 0.3) is 15.9 Å². The van der Waals surface area contributed by atoms with Crippen LogP contribution in [-0.2, 0) is 17.1 Å². The molecule has 1 amide bonds. The molecule has 0 N–H and O–H groups in total. The second kappa shape index (κ2) is 6.60. The van der Waals surface area contributed by atoms with Crippen molar-refractivity contribution >= 4 is 15.9 Å². The molecule has 136 valence electrons. The van der Waals surface area contributed by atoms with Crippen molar-refractivity contribution in [1.29, 1.82) is 0 Å². The summed E-state index contributed by atoms with van der Waals surface area (Å²) >= 11 is 0. The van der Waals surface area contributed by atoms with Crippen molar-refractivity contribution in [2.75, 3.05) is 26.2 Å². The second-order valence-electron chi connectivity index (χ2n) is 6.11. The van der Waals surface area contributed by atoms with Crippen molar-refractivity contribution < 1.29 is 17.7 Å². The van der Waals surface area contributed by atoms with Gasteiger partial charge in [0.2, 0.25) is 0 Å². The van der Waals surface area contributed by atoms with Gasteiger partial charge in [0.15, 0.2) is 10.7 Å². The highest BCUT2D eigenvalue weighted by atomic mass is 32.2. The highest BCUT2D eigenvalue weighted by molar-refractivity contribution is 7.89. The van der Waals surface area contributed by atoms with Gasteiger partial charge < -0.3 is 14.0 Å². The van der Waals surface area contributed by atoms with Crippen LogP contribution in [0.2, 0.25) is 0 Å². The zero-order valence-corrected chi connectivity index (χ0v) is 15.3. The van der Waals surface area contributed by atoms with Crippen LogP contribution in [0.4, 0.5) is 0 Å². The zero-order valence-electron chi connectivity index (χ0n) is 14.5. The van der Waals surface area contributed by atoms with Crippen molar-refractivity contribution in [1.82, 2.24) is 23.9 Å². The van der Waals surface area contributed by atoms with Crippen molar-refractivity contribution in [3.8, 4) is 0 Å². The molecule has 2 aromatic rings. The summed E-state index contributed by atoms with van der Waals surface area (Å²) in [6, 6.07) is 1.58. The molecule has 0 saturated carbocycles. The van der Waals surface area contributed by atoms with Crippen LogP contribution in [0.5, 0.6) is 0 Å². The Morgan fingerprint density at radius 3 is 2.56 bits per heavy atom. The molecule has 3 rings (SSSR count). The molecule has 25 heavy (non-hydrogen) atoms. The van der Waals surface area contributed by atoms with Crippen LogP contribution in [0.3, 0.4) is 0 Å². The van der Waals surface area contributed by atoms with Crippen LogP contribution >= 0.6 is 0 Å². The van der Waals surface area contributed by atoms with Crippen molar-refractivity contribution in [3.63, 3.8) is 0 Å². The lowest BCUT2D eigenvalue weighted by atomic mass is 10.3. The Morgan fingerprint density at radius 1 is 1.20 bits per heavy atom. The number of rotatable bonds is 3. The lowest BCUT2D eigenvalue weighted by Gasteiger charge is -2.20. The lowest BCUT2D eigenvalue weighted by Crippen LogP contribution is -2.37. The van der Waals surface area contributed by atoms with Crippen LogP contribution in [0.15, 0.2) is 21.8 Å². The first-order chi connectivity index (χ1) is 11.8. The Bertz CT molecular complexity index is 866. The predicted molar refractivity (Wildman–Crippen MR) is 88.5 cm³/mol. The number of imidazole rings is 1. The van der Waals surface area contributed by atoms with Gasteiger partial charge >= 0.3 is 0 Å². The molecule has 10 heteroatoms. The third-order valence-corrected chi connectivity index (χ3v) is 6.05. The highest BCUT2D eigenvalue weighted by Crippen LogP contribution is 2.18. The SMILES string of the molecule is Cc1cc(C(=O)N2CCCN(S(=O)(=O)c3cn(C)c(C)n3)CC2)no1. The van der Waals surface area contributed by atoms with Gasteiger partial charge in [-0.1, -0.05) is 5.16 Å². The quantitative estimate of drug-likeness (QED) is 0.786. The van der Waals surface area contributed by atoms with Gasteiger partial charge in [-0.2, -0.15) is 4.31 Å². The fourth-order valence-corrected chi connectivity index (χ4v) is 4.24. The van der Waals surface area contributed by atoms with E-state index in [1.54, 1.807) is 36.4 Å². The van der Waals surface area contributed by atoms with Crippen molar-refractivity contribution in [2.24, 2.45) is 7.05 Å². The first-order valence-corrected chi connectivity index (χ1v) is 9.46. The molecule has 1 aliphatic heterocycles. The first kappa shape index (κ1) is 17.6. The van der Waals surface area contributed by atoms with Gasteiger partial charge in [-0.05, 0) is 20.3 Å². The van der Waals surface area contributed by atoms with E-state index in [0.29, 0.717) is 37.6 Å². The van der Waals surface area contributed by atoms with E-state index >= 15 is 0 Å². The van der Waals surface area contributed by atoms with Gasteiger partial charge in [-0.15, -0.1) is 0 Å². The molecule has 0 aromatic carbocycles. The van der Waals surface area contributed by atoms with Crippen LogP contribution in [0, 0.1) is 13.8 Å². The normalized spacial score (nSPS) is 16.8. The largest absolute Gasteiger partial charge is 0.361 e. The molecule has 0 unspecified atom stereocenters. The topological polar surface area (TPSA) is 102 Å². The van der Waals surface area contributed by atoms with Gasteiger partial charge in [-0.25, -0.2) is 13.4 Å². The first-order valence-electron chi connectivity index (χ1n) is 8.02. The Balaban J connectivity index is 1.74. The van der Waals surface area contributed by atoms with Gasteiger partial charge in [-0.3, -0.25) is 4.79 Å². The van der Waals surface area contributed by atoms with E-state index in [1.807, 2.05) is 0 Å². The Morgan fingerprint density at radius 2 is 1.96 bits per heavy atom. The van der Waals surface area contributed by atoms with E-state index in [-0.39, 0.29) is 23.2 Å². The number of amides is 1. The minimum absolute atomic E-state index is 0.0411. The molecular formula is C15H21N5O4S. The van der Waals surface area contributed by atoms with Crippen LogP contribution < -0.4 is 0 Å². The monoisotopic (exact) mass is 367 g/mol. The molecule has 0 atom stereocenters. The summed E-state index contributed by atoms with van der Waals surface area (Å²) in [7, 11) is -1.91. The predicted octanol–water partition coefficient (Wildman–Crippen LogP) is 0.562. The number of sulfonamides is 1. The average molecular weight is 367 g/mol. The van der Waals surface area contributed by atoms with Crippen LogP contribution in [0.1, 0.15) is 28.5 Å². The van der Waals surface area contributed by atoms with Crippen LogP contribution in [-0.4, -0.2) is 64.4 Å². The molecule has 0 radical (unpaired) electrons. The summed E-state index contributed by atoms with van der Waals surface area (Å²) in [5.41, 5.74) is 0.245. The molecule has 0 bridgehead atoms. The number of carbonyl (C=O) groups excluding carboxylic acids is 1. The molecule has 9 nitrogen and oxygen atoms in total. The van der Waals surface area contributed by atoms with Gasteiger partial charge in [0.1, 0.15) is 11.6 Å². The Hall–Kier alpha value is -2.20. The number of hydrogen-bond acceptors (Lipinski definition) is 6. The van der Waals surface area contributed by atoms with E-state index in [4.69, 9.17) is 4.52 Å². The van der Waals surface area contributed by atoms with E-state index in [9.17, 15) is 13.2 Å². The summed E-state index contributed by atoms with van der Waals surface area (Å²) in [6.45, 7) is 4.81. The number of nitrogens with zero attached hydrogens (tertiary/aromatic N) is 5. The molecule has 1 saturated heterocycles. The molecule has 3 heterocycles. The number of carbonyl (C=O) groups is 1. The summed E-state index contributed by atoms with van der Waals surface area (Å²) in [6.07, 6.45) is 2.06. The molecular weight excluding hydrogens is 346 g/mol. The molecule has 1 fully saturated rings. The maximum absolute atomic E-state index is 12.8. The molecule has 0 aliphatic carbocycles. The molecule has 2 aromatic heterocycles. The van der Waals surface area contributed by atoms with E-state index < -0.39 is 10.0 Å². The van der Waals surface area contributed by atoms with E-state index in [0.717, 1.165) is 0 Å². The minimum Gasteiger partial charge on any atom is -0.361 e. The van der Waals surface area contributed by atoms with E-state index in [2.05, 4.69) is 10.1 Å². The van der Waals surface area contributed by atoms with Crippen LogP contribution in [0.25, 0.3) is 0 Å². The summed E-state index contributed by atoms with van der Waals surface area (Å²) in [5, 5.41) is 3.78. The van der Waals surface area contributed by atoms with Gasteiger partial charge in [0, 0.05) is 45.5 Å². The number of hydrogen-bond donors (Lipinski definition) is 0. The Kier molecular flexibility index (Phi) is 4.65. The fourth-order valence-electron chi connectivity index (χ4n) is 2.75. The maximum Gasteiger partial charge on any atom is 0.276 e. The third kappa shape index (κ3) is 3.45. The number of aryl methyl sites for hydroxylation is 3. The second-order valence-corrected chi connectivity index (χ2v) is 7.99. The molecule has 0 spiro atoms. The zero-order chi connectivity index (χ0) is 18.2. The summed E-state index contributed by atoms with van der Waals surface area (Å²) < 4.78 is 33.5. The standard InChI is InChI=1S/C15H21N5O4S/c1-11-9-13(17-24-11)15(21)19-5-4-6-20(8-7-19)25(22,23)14-10-18(3)12(2)16-14/h9-10H,4-8H2,1-3H3.